The quantitative estimate of drug-likeness (QED) is 0.855. The molecule has 7 heteroatoms. The van der Waals surface area contributed by atoms with Gasteiger partial charge in [-0.1, -0.05) is 23.7 Å². The highest BCUT2D eigenvalue weighted by molar-refractivity contribution is 6.32. The number of halogens is 1. The van der Waals surface area contributed by atoms with Crippen molar-refractivity contribution in [1.82, 2.24) is 14.7 Å². The van der Waals surface area contributed by atoms with E-state index in [-0.39, 0.29) is 18.1 Å². The molecule has 3 unspecified atom stereocenters. The van der Waals surface area contributed by atoms with Gasteiger partial charge < -0.3 is 15.4 Å². The van der Waals surface area contributed by atoms with Gasteiger partial charge in [-0.25, -0.2) is 4.68 Å². The van der Waals surface area contributed by atoms with Crippen molar-refractivity contribution in [2.45, 2.75) is 44.8 Å². The SMILES string of the molecule is Cc1cc(C(=O)N2CCCC(C3CC(N)CCO3)C2)nn1-c1ccccc1Cl. The van der Waals surface area contributed by atoms with Crippen LogP contribution < -0.4 is 5.73 Å². The molecule has 0 saturated carbocycles. The van der Waals surface area contributed by atoms with Gasteiger partial charge in [0.25, 0.3) is 5.91 Å². The van der Waals surface area contributed by atoms with Crippen LogP contribution in [0.15, 0.2) is 30.3 Å². The molecule has 3 atom stereocenters. The molecule has 0 spiro atoms. The number of nitrogens with zero attached hydrogens (tertiary/aromatic N) is 3. The van der Waals surface area contributed by atoms with Gasteiger partial charge in [0.05, 0.1) is 16.8 Å². The fourth-order valence-electron chi connectivity index (χ4n) is 4.29. The molecule has 0 aliphatic carbocycles. The molecule has 1 aromatic heterocycles. The highest BCUT2D eigenvalue weighted by Gasteiger charge is 2.33. The lowest BCUT2D eigenvalue weighted by Crippen LogP contribution is -2.47. The van der Waals surface area contributed by atoms with Crippen LogP contribution in [0.25, 0.3) is 5.69 Å². The van der Waals surface area contributed by atoms with Crippen LogP contribution in [0, 0.1) is 12.8 Å². The predicted octanol–water partition coefficient (Wildman–Crippen LogP) is 3.19. The van der Waals surface area contributed by atoms with Gasteiger partial charge in [-0.2, -0.15) is 5.10 Å². The lowest BCUT2D eigenvalue weighted by Gasteiger charge is -2.39. The van der Waals surface area contributed by atoms with E-state index in [9.17, 15) is 4.79 Å². The molecule has 2 fully saturated rings. The lowest BCUT2D eigenvalue weighted by molar-refractivity contribution is -0.0440. The maximum Gasteiger partial charge on any atom is 0.274 e. The van der Waals surface area contributed by atoms with Crippen LogP contribution in [0.2, 0.25) is 5.02 Å². The van der Waals surface area contributed by atoms with Crippen molar-refractivity contribution < 1.29 is 9.53 Å². The van der Waals surface area contributed by atoms with Gasteiger partial charge in [-0.15, -0.1) is 0 Å². The summed E-state index contributed by atoms with van der Waals surface area (Å²) in [5.41, 5.74) is 8.24. The number of amides is 1. The fourth-order valence-corrected chi connectivity index (χ4v) is 4.51. The molecule has 0 bridgehead atoms. The van der Waals surface area contributed by atoms with Crippen LogP contribution in [0.3, 0.4) is 0 Å². The third kappa shape index (κ3) is 3.95. The number of carbonyl (C=O) groups excluding carboxylic acids is 1. The maximum atomic E-state index is 13.1. The number of aryl methyl sites for hydroxylation is 1. The molecule has 1 aromatic carbocycles. The fraction of sp³-hybridized carbons (Fsp3) is 0.524. The number of carbonyl (C=O) groups is 1. The Balaban J connectivity index is 1.50. The van der Waals surface area contributed by atoms with E-state index < -0.39 is 0 Å². The van der Waals surface area contributed by atoms with Crippen molar-refractivity contribution in [2.75, 3.05) is 19.7 Å². The molecule has 4 rings (SSSR count). The minimum absolute atomic E-state index is 0.0290. The average Bonchev–Trinajstić information content (AvgIpc) is 3.09. The molecule has 2 aromatic rings. The number of para-hydroxylation sites is 1. The van der Waals surface area contributed by atoms with Crippen LogP contribution in [-0.2, 0) is 4.74 Å². The molecule has 3 heterocycles. The number of aromatic nitrogens is 2. The summed E-state index contributed by atoms with van der Waals surface area (Å²) in [6.07, 6.45) is 4.02. The van der Waals surface area contributed by atoms with Crippen LogP contribution in [0.4, 0.5) is 0 Å². The van der Waals surface area contributed by atoms with Crippen LogP contribution in [0.1, 0.15) is 41.9 Å². The summed E-state index contributed by atoms with van der Waals surface area (Å²) in [6.45, 7) is 4.11. The number of benzene rings is 1. The third-order valence-corrected chi connectivity index (χ3v) is 6.13. The summed E-state index contributed by atoms with van der Waals surface area (Å²) in [4.78, 5) is 15.0. The Morgan fingerprint density at radius 3 is 2.93 bits per heavy atom. The van der Waals surface area contributed by atoms with Crippen LogP contribution in [0.5, 0.6) is 0 Å². The van der Waals surface area contributed by atoms with E-state index in [1.165, 1.54) is 0 Å². The van der Waals surface area contributed by atoms with Crippen molar-refractivity contribution >= 4 is 17.5 Å². The number of hydrogen-bond donors (Lipinski definition) is 1. The smallest absolute Gasteiger partial charge is 0.274 e. The van der Waals surface area contributed by atoms with Crippen molar-refractivity contribution in [3.8, 4) is 5.69 Å². The number of hydrogen-bond acceptors (Lipinski definition) is 4. The van der Waals surface area contributed by atoms with E-state index in [2.05, 4.69) is 5.10 Å². The normalized spacial score (nSPS) is 25.7. The standard InChI is InChI=1S/C21H27ClN4O2/c1-14-11-18(24-26(14)19-7-3-2-6-17(19)22)21(27)25-9-4-5-15(13-25)20-12-16(23)8-10-28-20/h2-3,6-7,11,15-16,20H,4-5,8-10,12-13,23H2,1H3. The molecule has 2 N–H and O–H groups in total. The molecule has 0 radical (unpaired) electrons. The molecule has 2 aliphatic heterocycles. The number of nitrogens with two attached hydrogens (primary N) is 1. The summed E-state index contributed by atoms with van der Waals surface area (Å²) in [5.74, 6) is 0.314. The number of piperidine rings is 1. The van der Waals surface area contributed by atoms with Gasteiger partial charge >= 0.3 is 0 Å². The molecule has 2 saturated heterocycles. The zero-order chi connectivity index (χ0) is 19.7. The van der Waals surface area contributed by atoms with E-state index in [1.54, 1.807) is 4.68 Å². The average molecular weight is 403 g/mol. The summed E-state index contributed by atoms with van der Waals surface area (Å²) in [7, 11) is 0. The van der Waals surface area contributed by atoms with Crippen molar-refractivity contribution in [3.63, 3.8) is 0 Å². The maximum absolute atomic E-state index is 13.1. The first-order chi connectivity index (χ1) is 13.5. The van der Waals surface area contributed by atoms with E-state index in [0.717, 1.165) is 50.2 Å². The second kappa shape index (κ2) is 8.23. The summed E-state index contributed by atoms with van der Waals surface area (Å²) < 4.78 is 7.70. The minimum Gasteiger partial charge on any atom is -0.378 e. The van der Waals surface area contributed by atoms with Crippen molar-refractivity contribution in [3.05, 3.63) is 46.7 Å². The largest absolute Gasteiger partial charge is 0.378 e. The van der Waals surface area contributed by atoms with Gasteiger partial charge in [-0.05, 0) is 50.8 Å². The number of likely N-dealkylation sites (tertiary alicyclic amines) is 1. The molecule has 2 aliphatic rings. The zero-order valence-corrected chi connectivity index (χ0v) is 16.9. The Hall–Kier alpha value is -1.89. The zero-order valence-electron chi connectivity index (χ0n) is 16.2. The van der Waals surface area contributed by atoms with Gasteiger partial charge in [-0.3, -0.25) is 4.79 Å². The first-order valence-electron chi connectivity index (χ1n) is 10.0. The van der Waals surface area contributed by atoms with Gasteiger partial charge in [0, 0.05) is 37.4 Å². The highest BCUT2D eigenvalue weighted by atomic mass is 35.5. The number of ether oxygens (including phenoxy) is 1. The lowest BCUT2D eigenvalue weighted by atomic mass is 9.87. The van der Waals surface area contributed by atoms with Crippen molar-refractivity contribution in [1.29, 1.82) is 0 Å². The molecule has 1 amide bonds. The van der Waals surface area contributed by atoms with Crippen LogP contribution >= 0.6 is 11.6 Å². The molecule has 6 nitrogen and oxygen atoms in total. The van der Waals surface area contributed by atoms with E-state index >= 15 is 0 Å². The Kier molecular flexibility index (Phi) is 5.71. The Morgan fingerprint density at radius 2 is 2.14 bits per heavy atom. The second-order valence-electron chi connectivity index (χ2n) is 7.88. The van der Waals surface area contributed by atoms with Crippen molar-refractivity contribution in [2.24, 2.45) is 11.7 Å². The minimum atomic E-state index is -0.0290. The summed E-state index contributed by atoms with van der Waals surface area (Å²) in [5, 5.41) is 5.16. The van der Waals surface area contributed by atoms with Gasteiger partial charge in [0.2, 0.25) is 0 Å². The number of rotatable bonds is 3. The Morgan fingerprint density at radius 1 is 1.32 bits per heavy atom. The second-order valence-corrected chi connectivity index (χ2v) is 8.29. The predicted molar refractivity (Wildman–Crippen MR) is 109 cm³/mol. The first-order valence-corrected chi connectivity index (χ1v) is 10.4. The topological polar surface area (TPSA) is 73.4 Å². The Bertz CT molecular complexity index is 853. The van der Waals surface area contributed by atoms with Gasteiger partial charge in [0.15, 0.2) is 5.69 Å². The first kappa shape index (κ1) is 19.4. The summed E-state index contributed by atoms with van der Waals surface area (Å²) >= 11 is 6.30. The van der Waals surface area contributed by atoms with Gasteiger partial charge in [0.1, 0.15) is 0 Å². The molecule has 150 valence electrons. The Labute approximate surface area is 170 Å². The third-order valence-electron chi connectivity index (χ3n) is 5.81. The van der Waals surface area contributed by atoms with E-state index in [1.807, 2.05) is 42.2 Å². The summed E-state index contributed by atoms with van der Waals surface area (Å²) in [6, 6.07) is 9.56. The van der Waals surface area contributed by atoms with E-state index in [4.69, 9.17) is 22.1 Å². The van der Waals surface area contributed by atoms with Crippen LogP contribution in [-0.4, -0.2) is 52.4 Å². The molecular formula is C21H27ClN4O2. The monoisotopic (exact) mass is 402 g/mol. The highest BCUT2D eigenvalue weighted by Crippen LogP contribution is 2.28. The van der Waals surface area contributed by atoms with E-state index in [0.29, 0.717) is 23.2 Å². The molecule has 28 heavy (non-hydrogen) atoms. The molecular weight excluding hydrogens is 376 g/mol.